The monoisotopic (exact) mass is 672 g/mol. The lowest BCUT2D eigenvalue weighted by Gasteiger charge is -2.40. The van der Waals surface area contributed by atoms with Crippen molar-refractivity contribution in [3.05, 3.63) is 0 Å². The van der Waals surface area contributed by atoms with Crippen molar-refractivity contribution in [2.24, 2.45) is 5.41 Å². The van der Waals surface area contributed by atoms with Crippen LogP contribution < -0.4 is 0 Å². The van der Waals surface area contributed by atoms with Crippen LogP contribution in [0.5, 0.6) is 0 Å². The van der Waals surface area contributed by atoms with Gasteiger partial charge in [-0.1, -0.05) is 103 Å². The molecule has 0 aromatic carbocycles. The van der Waals surface area contributed by atoms with Gasteiger partial charge in [0.25, 0.3) is 0 Å². The largest absolute Gasteiger partial charge is 0.406 e. The fraction of sp³-hybridized carbons (Fsp3) is 0.590. The Hall–Kier alpha value is -3.06. The lowest BCUT2D eigenvalue weighted by atomic mass is 9.93. The lowest BCUT2D eigenvalue weighted by molar-refractivity contribution is -0.0728. The van der Waals surface area contributed by atoms with Crippen LogP contribution in [0.1, 0.15) is 110 Å². The third kappa shape index (κ3) is 22.2. The second-order valence-corrected chi connectivity index (χ2v) is 13.5. The Kier molecular flexibility index (Phi) is 24.8. The molecule has 2 aliphatic rings. The predicted octanol–water partition coefficient (Wildman–Crippen LogP) is 8.43. The lowest BCUT2D eigenvalue weighted by Crippen LogP contribution is -2.44. The Bertz CT molecular complexity index is 1370. The molecule has 47 heavy (non-hydrogen) atoms. The Balaban J connectivity index is 1.43. The summed E-state index contributed by atoms with van der Waals surface area (Å²) in [5.74, 6) is 34.7. The molecule has 2 saturated heterocycles. The van der Waals surface area contributed by atoms with E-state index in [4.69, 9.17) is 33.6 Å². The van der Waals surface area contributed by atoms with Gasteiger partial charge in [0.15, 0.2) is 0 Å². The van der Waals surface area contributed by atoms with Crippen LogP contribution in [0.4, 0.5) is 0 Å². The second-order valence-electron chi connectivity index (χ2n) is 11.1. The van der Waals surface area contributed by atoms with Gasteiger partial charge in [0.2, 0.25) is 0 Å². The van der Waals surface area contributed by atoms with Crippen molar-refractivity contribution in [3.63, 3.8) is 0 Å². The second kappa shape index (κ2) is 29.1. The quantitative estimate of drug-likeness (QED) is 0.0781. The molecule has 0 unspecified atom stereocenters. The highest BCUT2D eigenvalue weighted by molar-refractivity contribution is 7.42. The van der Waals surface area contributed by atoms with Crippen molar-refractivity contribution >= 4 is 17.2 Å². The zero-order valence-corrected chi connectivity index (χ0v) is 29.6. The molecular formula is C39H46O6P2. The number of terminal acetylenes is 1. The van der Waals surface area contributed by atoms with Crippen molar-refractivity contribution in [1.82, 2.24) is 0 Å². The highest BCUT2D eigenvalue weighted by Gasteiger charge is 2.44. The maximum atomic E-state index is 5.86. The van der Waals surface area contributed by atoms with Gasteiger partial charge in [0.05, 0.1) is 38.4 Å². The van der Waals surface area contributed by atoms with Gasteiger partial charge < -0.3 is 27.1 Å². The summed E-state index contributed by atoms with van der Waals surface area (Å²) in [5, 5.41) is 0. The van der Waals surface area contributed by atoms with Gasteiger partial charge in [0, 0.05) is 41.4 Å². The molecule has 0 atom stereocenters. The van der Waals surface area contributed by atoms with E-state index < -0.39 is 17.2 Å². The average Bonchev–Trinajstić information content (AvgIpc) is 3.09. The molecule has 2 fully saturated rings. The van der Waals surface area contributed by atoms with Gasteiger partial charge in [-0.3, -0.25) is 0 Å². The normalized spacial score (nSPS) is 18.9. The molecule has 248 valence electrons. The molecule has 0 saturated carbocycles. The van der Waals surface area contributed by atoms with Crippen LogP contribution in [0, 0.1) is 101 Å². The van der Waals surface area contributed by atoms with E-state index >= 15 is 0 Å². The molecule has 2 aliphatic heterocycles. The SMILES string of the molecule is C#CC#CC#CC#CC#CC#CC#CC#COP1OCC2(CO1)COP(OCCCCCCCCCCCCCCCCCC)OC2. The van der Waals surface area contributed by atoms with E-state index in [1.54, 1.807) is 0 Å². The van der Waals surface area contributed by atoms with Crippen LogP contribution in [0.3, 0.4) is 0 Å². The Labute approximate surface area is 287 Å². The number of unbranched alkanes of at least 4 members (excludes halogenated alkanes) is 15. The van der Waals surface area contributed by atoms with Crippen molar-refractivity contribution in [1.29, 1.82) is 0 Å². The van der Waals surface area contributed by atoms with Crippen LogP contribution >= 0.6 is 17.2 Å². The van der Waals surface area contributed by atoms with E-state index in [1.807, 2.05) is 0 Å². The molecule has 0 aliphatic carbocycles. The Morgan fingerprint density at radius 1 is 0.489 bits per heavy atom. The van der Waals surface area contributed by atoms with Gasteiger partial charge >= 0.3 is 17.2 Å². The van der Waals surface area contributed by atoms with Gasteiger partial charge in [-0.25, -0.2) is 0 Å². The minimum atomic E-state index is -1.58. The zero-order valence-electron chi connectivity index (χ0n) is 27.8. The molecule has 8 heteroatoms. The van der Waals surface area contributed by atoms with Crippen molar-refractivity contribution in [2.45, 2.75) is 110 Å². The number of hydrogen-bond acceptors (Lipinski definition) is 6. The van der Waals surface area contributed by atoms with E-state index in [9.17, 15) is 0 Å². The van der Waals surface area contributed by atoms with Crippen LogP contribution in [-0.4, -0.2) is 33.0 Å². The molecule has 2 rings (SSSR count). The average molecular weight is 673 g/mol. The molecule has 1 spiro atoms. The van der Waals surface area contributed by atoms with E-state index in [0.717, 1.165) is 6.42 Å². The smallest absolute Gasteiger partial charge is 0.372 e. The van der Waals surface area contributed by atoms with Gasteiger partial charge in [0.1, 0.15) is 6.11 Å². The highest BCUT2D eigenvalue weighted by atomic mass is 31.2. The Morgan fingerprint density at radius 2 is 0.851 bits per heavy atom. The molecule has 0 radical (unpaired) electrons. The summed E-state index contributed by atoms with van der Waals surface area (Å²) < 4.78 is 34.3. The van der Waals surface area contributed by atoms with Crippen molar-refractivity contribution in [3.8, 4) is 95.4 Å². The third-order valence-corrected chi connectivity index (χ3v) is 9.09. The molecule has 0 aromatic rings. The zero-order chi connectivity index (χ0) is 33.4. The van der Waals surface area contributed by atoms with E-state index in [-0.39, 0.29) is 5.41 Å². The van der Waals surface area contributed by atoms with Crippen LogP contribution in [0.15, 0.2) is 0 Å². The summed E-state index contributed by atoms with van der Waals surface area (Å²) in [6.45, 7) is 4.65. The van der Waals surface area contributed by atoms with Gasteiger partial charge in [-0.2, -0.15) is 0 Å². The standard InChI is InChI=1S/C39H46O6P2/c1-3-5-7-9-11-13-15-17-19-20-22-24-26-28-30-32-34-41-47-44-37-39(38-45-47)35-42-46(43-36-39)40-33-31-29-27-25-23-21-18-16-14-12-10-8-6-4-2/h2H,3,5,7,9,11,13,15,17,19-20,22,24,26,28,30,32,34-38H2,1H3. The van der Waals surface area contributed by atoms with Gasteiger partial charge in [-0.05, 0) is 47.9 Å². The minimum absolute atomic E-state index is 0.366. The molecule has 6 nitrogen and oxygen atoms in total. The van der Waals surface area contributed by atoms with Gasteiger partial charge in [-0.15, -0.1) is 6.42 Å². The summed E-state index contributed by atoms with van der Waals surface area (Å²) in [4.78, 5) is 0. The van der Waals surface area contributed by atoms with E-state index in [1.165, 1.54) is 96.3 Å². The molecule has 2 heterocycles. The van der Waals surface area contributed by atoms with Crippen LogP contribution in [0.25, 0.3) is 0 Å². The first kappa shape index (κ1) is 40.1. The summed E-state index contributed by atoms with van der Waals surface area (Å²) in [7, 11) is -2.90. The third-order valence-electron chi connectivity index (χ3n) is 7.09. The summed E-state index contributed by atoms with van der Waals surface area (Å²) in [6.07, 6.45) is 29.0. The summed E-state index contributed by atoms with van der Waals surface area (Å²) in [5.41, 5.74) is -0.366. The fourth-order valence-electron chi connectivity index (χ4n) is 4.47. The first-order valence-electron chi connectivity index (χ1n) is 16.7. The predicted molar refractivity (Wildman–Crippen MR) is 190 cm³/mol. The first-order chi connectivity index (χ1) is 23.3. The maximum Gasteiger partial charge on any atom is 0.406 e. The van der Waals surface area contributed by atoms with Crippen molar-refractivity contribution in [2.75, 3.05) is 33.0 Å². The molecule has 0 aromatic heterocycles. The maximum absolute atomic E-state index is 5.86. The summed E-state index contributed by atoms with van der Waals surface area (Å²) >= 11 is 0. The Morgan fingerprint density at radius 3 is 1.28 bits per heavy atom. The molecule has 0 N–H and O–H groups in total. The van der Waals surface area contributed by atoms with E-state index in [2.05, 4.69) is 95.9 Å². The van der Waals surface area contributed by atoms with Crippen LogP contribution in [-0.2, 0) is 27.1 Å². The number of hydrogen-bond donors (Lipinski definition) is 0. The molecule has 0 bridgehead atoms. The first-order valence-corrected chi connectivity index (χ1v) is 18.8. The van der Waals surface area contributed by atoms with E-state index in [0.29, 0.717) is 33.0 Å². The highest BCUT2D eigenvalue weighted by Crippen LogP contribution is 2.52. The minimum Gasteiger partial charge on any atom is -0.372 e. The number of rotatable bonds is 19. The molecular weight excluding hydrogens is 626 g/mol. The summed E-state index contributed by atoms with van der Waals surface area (Å²) in [6, 6.07) is 0. The van der Waals surface area contributed by atoms with Crippen LogP contribution in [0.2, 0.25) is 0 Å². The fourth-order valence-corrected chi connectivity index (χ4v) is 6.78. The topological polar surface area (TPSA) is 55.4 Å². The van der Waals surface area contributed by atoms with Crippen molar-refractivity contribution < 1.29 is 27.1 Å². The molecule has 0 amide bonds.